The van der Waals surface area contributed by atoms with Crippen molar-refractivity contribution < 1.29 is 28.0 Å². The lowest BCUT2D eigenvalue weighted by Crippen LogP contribution is -2.76. The molecule has 2 aromatic carbocycles. The number of rotatable bonds is 12. The molecule has 16 heteroatoms. The molecular formula is C26H32N8O6S2. The number of amides is 2. The second-order valence-electron chi connectivity index (χ2n) is 10.1. The summed E-state index contributed by atoms with van der Waals surface area (Å²) in [5.74, 6) is -0.507. The third kappa shape index (κ3) is 6.23. The summed E-state index contributed by atoms with van der Waals surface area (Å²) >= 11 is 1.32. The summed E-state index contributed by atoms with van der Waals surface area (Å²) in [6.07, 6.45) is 0.0301. The number of nitrogens with one attached hydrogen (secondary N) is 4. The highest BCUT2D eigenvalue weighted by atomic mass is 32.2. The standard InChI is InChI=1S/C26H32N8O6S2/c1-26(2)22(24(36)34(26)40-42-37)32-23(35)21(19-13-41-25(28)31-19)33-39-10-9-38-16-6-3-14(4-7-16)15-5-8-17-18(11-15)30-20(12-27)29-17/h3-8,11,13,20,22,25,29-31,37H,9-10,12,27-28H2,1-2H3,(H,32,35)/b33-21-. The molecule has 2 amide bonds. The van der Waals surface area contributed by atoms with E-state index in [2.05, 4.69) is 32.5 Å². The third-order valence-electron chi connectivity index (χ3n) is 6.86. The highest BCUT2D eigenvalue weighted by Crippen LogP contribution is 2.35. The molecule has 3 aliphatic rings. The first-order chi connectivity index (χ1) is 20.2. The average Bonchev–Trinajstić information content (AvgIpc) is 3.61. The molecule has 0 aliphatic carbocycles. The molecule has 1 saturated heterocycles. The first-order valence-electron chi connectivity index (χ1n) is 13.0. The molecule has 3 aliphatic heterocycles. The van der Waals surface area contributed by atoms with E-state index in [1.807, 2.05) is 36.4 Å². The second-order valence-corrected chi connectivity index (χ2v) is 11.4. The largest absolute Gasteiger partial charge is 0.490 e. The summed E-state index contributed by atoms with van der Waals surface area (Å²) < 4.78 is 19.6. The highest BCUT2D eigenvalue weighted by molar-refractivity contribution is 8.02. The molecule has 3 heterocycles. The van der Waals surface area contributed by atoms with Crippen LogP contribution < -0.4 is 37.5 Å². The predicted molar refractivity (Wildman–Crippen MR) is 162 cm³/mol. The van der Waals surface area contributed by atoms with E-state index in [9.17, 15) is 9.59 Å². The Hall–Kier alpha value is -3.67. The Kier molecular flexibility index (Phi) is 9.00. The summed E-state index contributed by atoms with van der Waals surface area (Å²) in [6.45, 7) is 4.08. The number of oxime groups is 1. The van der Waals surface area contributed by atoms with E-state index in [-0.39, 0.29) is 37.4 Å². The summed E-state index contributed by atoms with van der Waals surface area (Å²) in [6, 6.07) is 12.9. The number of thioether (sulfide) groups is 1. The first-order valence-corrected chi connectivity index (χ1v) is 14.7. The van der Waals surface area contributed by atoms with Gasteiger partial charge in [0.2, 0.25) is 0 Å². The van der Waals surface area contributed by atoms with Gasteiger partial charge in [0.25, 0.3) is 11.8 Å². The molecule has 3 unspecified atom stereocenters. The van der Waals surface area contributed by atoms with Crippen LogP contribution in [0.25, 0.3) is 11.1 Å². The predicted octanol–water partition coefficient (Wildman–Crippen LogP) is 1.81. The van der Waals surface area contributed by atoms with Crippen LogP contribution >= 0.6 is 24.1 Å². The molecule has 0 saturated carbocycles. The number of nitrogens with two attached hydrogens (primary N) is 2. The van der Waals surface area contributed by atoms with Crippen LogP contribution in [0.2, 0.25) is 0 Å². The average molecular weight is 617 g/mol. The number of hydrogen-bond donors (Lipinski definition) is 7. The van der Waals surface area contributed by atoms with E-state index in [4.69, 9.17) is 29.9 Å². The van der Waals surface area contributed by atoms with Gasteiger partial charge in [0, 0.05) is 12.0 Å². The van der Waals surface area contributed by atoms with Crippen LogP contribution in [0.4, 0.5) is 11.4 Å². The minimum absolute atomic E-state index is 0.0301. The van der Waals surface area contributed by atoms with Crippen molar-refractivity contribution >= 4 is 53.0 Å². The molecule has 224 valence electrons. The maximum absolute atomic E-state index is 13.1. The van der Waals surface area contributed by atoms with Crippen LogP contribution in [0, 0.1) is 0 Å². The lowest BCUT2D eigenvalue weighted by atomic mass is 9.84. The van der Waals surface area contributed by atoms with Gasteiger partial charge < -0.3 is 46.9 Å². The van der Waals surface area contributed by atoms with Crippen molar-refractivity contribution in [2.75, 3.05) is 30.4 Å². The van der Waals surface area contributed by atoms with Crippen molar-refractivity contribution in [2.24, 2.45) is 16.6 Å². The minimum Gasteiger partial charge on any atom is -0.490 e. The zero-order valence-corrected chi connectivity index (χ0v) is 24.5. The number of fused-ring (bicyclic) bond motifs is 1. The summed E-state index contributed by atoms with van der Waals surface area (Å²) in [5, 5.41) is 18.9. The fourth-order valence-electron chi connectivity index (χ4n) is 4.61. The molecule has 5 rings (SSSR count). The van der Waals surface area contributed by atoms with Gasteiger partial charge in [-0.3, -0.25) is 9.59 Å². The van der Waals surface area contributed by atoms with E-state index in [0.717, 1.165) is 27.6 Å². The van der Waals surface area contributed by atoms with Gasteiger partial charge in [-0.25, -0.2) is 0 Å². The van der Waals surface area contributed by atoms with E-state index < -0.39 is 28.9 Å². The quantitative estimate of drug-likeness (QED) is 0.0600. The van der Waals surface area contributed by atoms with Crippen molar-refractivity contribution in [1.29, 1.82) is 0 Å². The lowest BCUT2D eigenvalue weighted by molar-refractivity contribution is -0.214. The molecule has 0 aromatic heterocycles. The van der Waals surface area contributed by atoms with Gasteiger partial charge in [-0.2, -0.15) is 9.35 Å². The summed E-state index contributed by atoms with van der Waals surface area (Å²) in [4.78, 5) is 30.9. The smallest absolute Gasteiger partial charge is 0.276 e. The van der Waals surface area contributed by atoms with Gasteiger partial charge >= 0.3 is 0 Å². The Morgan fingerprint density at radius 1 is 1.14 bits per heavy atom. The third-order valence-corrected chi connectivity index (χ3v) is 7.86. The van der Waals surface area contributed by atoms with Gasteiger partial charge in [0.05, 0.1) is 22.6 Å². The molecule has 9 N–H and O–H groups in total. The van der Waals surface area contributed by atoms with Crippen LogP contribution in [0.1, 0.15) is 13.8 Å². The molecule has 14 nitrogen and oxygen atoms in total. The van der Waals surface area contributed by atoms with Crippen LogP contribution in [-0.4, -0.2) is 70.1 Å². The summed E-state index contributed by atoms with van der Waals surface area (Å²) in [7, 11) is 0. The Labute approximate surface area is 250 Å². The minimum atomic E-state index is -0.900. The van der Waals surface area contributed by atoms with Gasteiger partial charge in [-0.05, 0) is 49.2 Å². The Bertz CT molecular complexity index is 1390. The SMILES string of the molecule is CC1(C)C(NC(=O)/C(=N\OCCOc2ccc(-c3ccc4c(c3)NC(CN)N4)cc2)C2=CSC(N)N2)C(=O)N1OSO. The number of carbonyl (C=O) groups is 2. The monoisotopic (exact) mass is 616 g/mol. The highest BCUT2D eigenvalue weighted by Gasteiger charge is 2.57. The molecule has 3 atom stereocenters. The molecule has 0 radical (unpaired) electrons. The van der Waals surface area contributed by atoms with Crippen molar-refractivity contribution in [2.45, 2.75) is 37.1 Å². The number of hydrogen-bond acceptors (Lipinski definition) is 14. The summed E-state index contributed by atoms with van der Waals surface area (Å²) in [5.41, 5.74) is 14.7. The van der Waals surface area contributed by atoms with Crippen LogP contribution in [-0.2, 0) is 18.7 Å². The van der Waals surface area contributed by atoms with Crippen LogP contribution in [0.5, 0.6) is 5.75 Å². The van der Waals surface area contributed by atoms with E-state index >= 15 is 0 Å². The number of carbonyl (C=O) groups excluding carboxylic acids is 2. The fraction of sp³-hybridized carbons (Fsp3) is 0.346. The number of nitrogens with zero attached hydrogens (tertiary/aromatic N) is 2. The number of β-lactam (4-membered cyclic amide) rings is 1. The number of hydroxylamine groups is 2. The van der Waals surface area contributed by atoms with E-state index in [1.54, 1.807) is 19.3 Å². The number of anilines is 2. The number of benzene rings is 2. The number of ether oxygens (including phenoxy) is 1. The van der Waals surface area contributed by atoms with Gasteiger partial charge in [0.15, 0.2) is 24.6 Å². The zero-order valence-electron chi connectivity index (χ0n) is 22.8. The van der Waals surface area contributed by atoms with Gasteiger partial charge in [-0.1, -0.05) is 35.1 Å². The molecule has 2 aromatic rings. The second kappa shape index (κ2) is 12.7. The molecular weight excluding hydrogens is 584 g/mol. The maximum Gasteiger partial charge on any atom is 0.276 e. The molecule has 1 fully saturated rings. The van der Waals surface area contributed by atoms with Crippen LogP contribution in [0.15, 0.2) is 58.7 Å². The van der Waals surface area contributed by atoms with Crippen LogP contribution in [0.3, 0.4) is 0 Å². The van der Waals surface area contributed by atoms with Crippen molar-refractivity contribution in [3.63, 3.8) is 0 Å². The molecule has 0 bridgehead atoms. The molecule has 42 heavy (non-hydrogen) atoms. The van der Waals surface area contributed by atoms with Crippen molar-refractivity contribution in [3.05, 3.63) is 53.6 Å². The van der Waals surface area contributed by atoms with Crippen molar-refractivity contribution in [3.8, 4) is 16.9 Å². The normalized spacial score (nSPS) is 22.3. The van der Waals surface area contributed by atoms with Gasteiger partial charge in [0.1, 0.15) is 30.1 Å². The maximum atomic E-state index is 13.1. The van der Waals surface area contributed by atoms with E-state index in [1.165, 1.54) is 11.8 Å². The fourth-order valence-corrected chi connectivity index (χ4v) is 5.60. The Morgan fingerprint density at radius 3 is 2.55 bits per heavy atom. The first kappa shape index (κ1) is 29.8. The Balaban J connectivity index is 1.15. The molecule has 0 spiro atoms. The zero-order chi connectivity index (χ0) is 29.9. The lowest BCUT2D eigenvalue weighted by Gasteiger charge is -2.50. The Morgan fingerprint density at radius 2 is 1.88 bits per heavy atom. The topological polar surface area (TPSA) is 198 Å². The van der Waals surface area contributed by atoms with Crippen molar-refractivity contribution in [1.82, 2.24) is 15.7 Å². The van der Waals surface area contributed by atoms with Gasteiger partial charge in [-0.15, -0.1) is 0 Å². The van der Waals surface area contributed by atoms with E-state index in [0.29, 0.717) is 18.0 Å².